The van der Waals surface area contributed by atoms with Gasteiger partial charge in [-0.05, 0) is 30.7 Å². The Morgan fingerprint density at radius 1 is 1.20 bits per heavy atom. The molecule has 1 aromatic heterocycles. The van der Waals surface area contributed by atoms with Crippen molar-refractivity contribution in [3.05, 3.63) is 89.0 Å². The number of carbonyl (C=O) groups is 1. The summed E-state index contributed by atoms with van der Waals surface area (Å²) in [6, 6.07) is 9.02. The number of alkyl halides is 2. The summed E-state index contributed by atoms with van der Waals surface area (Å²) in [6.45, 7) is 1.62. The number of hydrogen-bond acceptors (Lipinski definition) is 5. The van der Waals surface area contributed by atoms with E-state index in [2.05, 4.69) is 20.8 Å². The number of rotatable bonds is 5. The van der Waals surface area contributed by atoms with Crippen LogP contribution in [0.3, 0.4) is 0 Å². The Hall–Kier alpha value is -3.46. The quantitative estimate of drug-likeness (QED) is 0.687. The lowest BCUT2D eigenvalue weighted by Gasteiger charge is -2.38. The van der Waals surface area contributed by atoms with Crippen LogP contribution in [0.5, 0.6) is 0 Å². The maximum Gasteiger partial charge on any atom is 0.262 e. The van der Waals surface area contributed by atoms with Crippen LogP contribution in [-0.4, -0.2) is 52.6 Å². The highest BCUT2D eigenvalue weighted by Gasteiger charge is 2.42. The van der Waals surface area contributed by atoms with Crippen LogP contribution in [0.15, 0.2) is 77.2 Å². The van der Waals surface area contributed by atoms with Gasteiger partial charge in [0.05, 0.1) is 18.3 Å². The van der Waals surface area contributed by atoms with Crippen molar-refractivity contribution in [2.24, 2.45) is 11.0 Å². The van der Waals surface area contributed by atoms with Crippen LogP contribution in [-0.2, 0) is 11.3 Å². The fourth-order valence-corrected chi connectivity index (χ4v) is 5.04. The van der Waals surface area contributed by atoms with Gasteiger partial charge in [0, 0.05) is 60.6 Å². The SMILES string of the molecule is CC1=CC2NN=C(c3ccncc3)C2C=C1C(=O)NC1CN(Cc2ccccc2F)CC(F)(F)C1. The molecule has 3 atom stereocenters. The van der Waals surface area contributed by atoms with Crippen LogP contribution >= 0.6 is 0 Å². The van der Waals surface area contributed by atoms with Crippen LogP contribution in [0, 0.1) is 11.7 Å². The lowest BCUT2D eigenvalue weighted by molar-refractivity contribution is -0.121. The molecule has 2 N–H and O–H groups in total. The zero-order valence-electron chi connectivity index (χ0n) is 19.2. The number of benzene rings is 1. The molecule has 0 bridgehead atoms. The van der Waals surface area contributed by atoms with Crippen molar-refractivity contribution in [2.45, 2.75) is 37.9 Å². The molecule has 1 aliphatic carbocycles. The molecule has 2 aliphatic heterocycles. The second kappa shape index (κ2) is 9.30. The molecule has 3 aliphatic rings. The average molecular weight is 482 g/mol. The third-order valence-electron chi connectivity index (χ3n) is 6.62. The zero-order chi connectivity index (χ0) is 24.6. The summed E-state index contributed by atoms with van der Waals surface area (Å²) in [4.78, 5) is 18.8. The molecule has 35 heavy (non-hydrogen) atoms. The van der Waals surface area contributed by atoms with Gasteiger partial charge in [-0.25, -0.2) is 13.2 Å². The van der Waals surface area contributed by atoms with Crippen LogP contribution < -0.4 is 10.7 Å². The number of carbonyl (C=O) groups excluding carboxylic acids is 1. The molecule has 1 fully saturated rings. The number of pyridine rings is 1. The van der Waals surface area contributed by atoms with Crippen LogP contribution in [0.1, 0.15) is 24.5 Å². The number of piperidine rings is 1. The largest absolute Gasteiger partial charge is 0.348 e. The van der Waals surface area contributed by atoms with Gasteiger partial charge >= 0.3 is 0 Å². The van der Waals surface area contributed by atoms with Crippen molar-refractivity contribution >= 4 is 11.6 Å². The second-order valence-corrected chi connectivity index (χ2v) is 9.34. The maximum atomic E-state index is 14.6. The maximum absolute atomic E-state index is 14.6. The Balaban J connectivity index is 1.31. The molecule has 1 amide bonds. The minimum Gasteiger partial charge on any atom is -0.348 e. The van der Waals surface area contributed by atoms with Gasteiger partial charge in [0.1, 0.15) is 5.82 Å². The Labute approximate surface area is 201 Å². The molecule has 3 heterocycles. The van der Waals surface area contributed by atoms with E-state index in [1.54, 1.807) is 30.6 Å². The molecule has 0 saturated carbocycles. The molecule has 5 rings (SSSR count). The first-order chi connectivity index (χ1) is 16.8. The van der Waals surface area contributed by atoms with Gasteiger partial charge in [-0.15, -0.1) is 0 Å². The molecule has 6 nitrogen and oxygen atoms in total. The van der Waals surface area contributed by atoms with Crippen molar-refractivity contribution in [2.75, 3.05) is 13.1 Å². The monoisotopic (exact) mass is 481 g/mol. The summed E-state index contributed by atoms with van der Waals surface area (Å²) in [5.74, 6) is -3.98. The standard InChI is InChI=1S/C26H26F3N5O/c1-16-10-23-21(24(33-32-23)17-6-8-30-9-7-17)11-20(16)25(35)31-19-12-26(28,29)15-34(14-19)13-18-4-2-3-5-22(18)27/h2-11,19,21,23,32H,12-15H2,1H3,(H,31,35). The van der Waals surface area contributed by atoms with E-state index >= 15 is 0 Å². The summed E-state index contributed by atoms with van der Waals surface area (Å²) < 4.78 is 43.2. The highest BCUT2D eigenvalue weighted by molar-refractivity contribution is 6.07. The predicted molar refractivity (Wildman–Crippen MR) is 126 cm³/mol. The molecular formula is C26H26F3N5O. The van der Waals surface area contributed by atoms with Gasteiger partial charge in [-0.1, -0.05) is 30.4 Å². The van der Waals surface area contributed by atoms with E-state index in [0.29, 0.717) is 11.1 Å². The molecule has 182 valence electrons. The Kier molecular flexibility index (Phi) is 6.19. The highest BCUT2D eigenvalue weighted by atomic mass is 19.3. The number of hydrogen-bond donors (Lipinski definition) is 2. The lowest BCUT2D eigenvalue weighted by Crippen LogP contribution is -2.55. The van der Waals surface area contributed by atoms with E-state index in [0.717, 1.165) is 16.8 Å². The first-order valence-corrected chi connectivity index (χ1v) is 11.6. The van der Waals surface area contributed by atoms with E-state index in [4.69, 9.17) is 0 Å². The summed E-state index contributed by atoms with van der Waals surface area (Å²) in [7, 11) is 0. The topological polar surface area (TPSA) is 69.6 Å². The minimum atomic E-state index is -2.99. The van der Waals surface area contributed by atoms with Crippen molar-refractivity contribution in [1.29, 1.82) is 0 Å². The van der Waals surface area contributed by atoms with Crippen molar-refractivity contribution in [3.63, 3.8) is 0 Å². The Bertz CT molecular complexity index is 1210. The molecule has 9 heteroatoms. The smallest absolute Gasteiger partial charge is 0.262 e. The number of hydrazone groups is 1. The highest BCUT2D eigenvalue weighted by Crippen LogP contribution is 2.31. The number of nitrogens with one attached hydrogen (secondary N) is 2. The number of amides is 1. The van der Waals surface area contributed by atoms with Gasteiger partial charge in [0.15, 0.2) is 0 Å². The Morgan fingerprint density at radius 2 is 1.97 bits per heavy atom. The van der Waals surface area contributed by atoms with Gasteiger partial charge in [-0.3, -0.25) is 14.7 Å². The van der Waals surface area contributed by atoms with E-state index in [9.17, 15) is 18.0 Å². The Morgan fingerprint density at radius 3 is 2.74 bits per heavy atom. The lowest BCUT2D eigenvalue weighted by atomic mass is 9.83. The average Bonchev–Trinajstić information content (AvgIpc) is 3.22. The number of nitrogens with zero attached hydrogens (tertiary/aromatic N) is 3. The third-order valence-corrected chi connectivity index (χ3v) is 6.62. The van der Waals surface area contributed by atoms with Crippen LogP contribution in [0.25, 0.3) is 0 Å². The van der Waals surface area contributed by atoms with Crippen LogP contribution in [0.4, 0.5) is 13.2 Å². The van der Waals surface area contributed by atoms with Gasteiger partial charge in [0.25, 0.3) is 11.8 Å². The van der Waals surface area contributed by atoms with Gasteiger partial charge in [0.2, 0.25) is 0 Å². The number of halogens is 3. The number of fused-ring (bicyclic) bond motifs is 1. The summed E-state index contributed by atoms with van der Waals surface area (Å²) in [6.07, 6.45) is 6.70. The van der Waals surface area contributed by atoms with Crippen LogP contribution in [0.2, 0.25) is 0 Å². The normalized spacial score (nSPS) is 25.6. The van der Waals surface area contributed by atoms with E-state index in [1.807, 2.05) is 31.2 Å². The molecule has 0 radical (unpaired) electrons. The van der Waals surface area contributed by atoms with E-state index < -0.39 is 36.7 Å². The summed E-state index contributed by atoms with van der Waals surface area (Å²) in [5, 5.41) is 7.26. The number of aromatic nitrogens is 1. The summed E-state index contributed by atoms with van der Waals surface area (Å²) in [5.41, 5.74) is 6.36. The molecule has 0 spiro atoms. The molecule has 1 saturated heterocycles. The first kappa shape index (κ1) is 23.3. The second-order valence-electron chi connectivity index (χ2n) is 9.34. The molecule has 3 unspecified atom stereocenters. The molecule has 1 aromatic carbocycles. The molecule has 2 aromatic rings. The van der Waals surface area contributed by atoms with Crippen molar-refractivity contribution < 1.29 is 18.0 Å². The predicted octanol–water partition coefficient (Wildman–Crippen LogP) is 3.43. The fourth-order valence-electron chi connectivity index (χ4n) is 5.04. The number of likely N-dealkylation sites (tertiary alicyclic amines) is 1. The fraction of sp³-hybridized carbons (Fsp3) is 0.346. The van der Waals surface area contributed by atoms with Gasteiger partial charge in [-0.2, -0.15) is 5.10 Å². The molecular weight excluding hydrogens is 455 g/mol. The zero-order valence-corrected chi connectivity index (χ0v) is 19.2. The van der Waals surface area contributed by atoms with Crippen molar-refractivity contribution in [1.82, 2.24) is 20.6 Å². The van der Waals surface area contributed by atoms with E-state index in [1.165, 1.54) is 11.0 Å². The van der Waals surface area contributed by atoms with Gasteiger partial charge < -0.3 is 10.7 Å². The third kappa shape index (κ3) is 5.00. The van der Waals surface area contributed by atoms with Crippen molar-refractivity contribution in [3.8, 4) is 0 Å². The first-order valence-electron chi connectivity index (χ1n) is 11.6. The minimum absolute atomic E-state index is 0.0530. The summed E-state index contributed by atoms with van der Waals surface area (Å²) >= 11 is 0. The van der Waals surface area contributed by atoms with E-state index in [-0.39, 0.29) is 25.0 Å².